The summed E-state index contributed by atoms with van der Waals surface area (Å²) in [4.78, 5) is 25.2. The lowest BCUT2D eigenvalue weighted by atomic mass is 9.95. The molecule has 4 nitrogen and oxygen atoms in total. The lowest BCUT2D eigenvalue weighted by Gasteiger charge is -2.17. The van der Waals surface area contributed by atoms with Crippen LogP contribution in [0.25, 0.3) is 22.3 Å². The van der Waals surface area contributed by atoms with Crippen molar-refractivity contribution >= 4 is 11.9 Å². The van der Waals surface area contributed by atoms with Gasteiger partial charge in [-0.05, 0) is 80.0 Å². The van der Waals surface area contributed by atoms with Gasteiger partial charge in [0.1, 0.15) is 17.3 Å². The predicted molar refractivity (Wildman–Crippen MR) is 174 cm³/mol. The van der Waals surface area contributed by atoms with Crippen molar-refractivity contribution < 1.29 is 23.5 Å². The van der Waals surface area contributed by atoms with E-state index >= 15 is 4.39 Å². The van der Waals surface area contributed by atoms with E-state index in [2.05, 4.69) is 39.1 Å². The first-order valence-corrected chi connectivity index (χ1v) is 15.5. The van der Waals surface area contributed by atoms with Crippen LogP contribution in [0.4, 0.5) is 4.39 Å². The first-order valence-electron chi connectivity index (χ1n) is 15.5. The van der Waals surface area contributed by atoms with Gasteiger partial charge in [-0.1, -0.05) is 102 Å². The van der Waals surface area contributed by atoms with Crippen LogP contribution in [0, 0.1) is 5.82 Å². The number of hydrogen-bond acceptors (Lipinski definition) is 4. The first kappa shape index (κ1) is 33.5. The summed E-state index contributed by atoms with van der Waals surface area (Å²) < 4.78 is 27.3. The van der Waals surface area contributed by atoms with E-state index in [0.29, 0.717) is 23.3 Å². The number of carbonyl (C=O) groups excluding carboxylic acids is 2. The van der Waals surface area contributed by atoms with E-state index in [-0.39, 0.29) is 22.5 Å². The second kappa shape index (κ2) is 16.6. The third-order valence-electron chi connectivity index (χ3n) is 7.43. The molecule has 5 heteroatoms. The Morgan fingerprint density at radius 1 is 0.651 bits per heavy atom. The maximum Gasteiger partial charge on any atom is 0.338 e. The van der Waals surface area contributed by atoms with Crippen LogP contribution in [0.5, 0.6) is 11.5 Å². The monoisotopic (exact) mass is 584 g/mol. The Morgan fingerprint density at radius 2 is 1.21 bits per heavy atom. The number of halogens is 1. The highest BCUT2D eigenvalue weighted by Gasteiger charge is 2.21. The Morgan fingerprint density at radius 3 is 1.81 bits per heavy atom. The molecule has 0 saturated heterocycles. The van der Waals surface area contributed by atoms with Gasteiger partial charge in [-0.25, -0.2) is 14.0 Å². The Labute approximate surface area is 256 Å². The van der Waals surface area contributed by atoms with E-state index in [1.165, 1.54) is 24.5 Å². The van der Waals surface area contributed by atoms with Gasteiger partial charge < -0.3 is 9.47 Å². The number of unbranched alkanes of at least 4 members (excludes halogenated alkanes) is 6. The van der Waals surface area contributed by atoms with Crippen molar-refractivity contribution in [3.05, 3.63) is 95.8 Å². The molecule has 0 fully saturated rings. The van der Waals surface area contributed by atoms with Crippen molar-refractivity contribution in [3.63, 3.8) is 0 Å². The summed E-state index contributed by atoms with van der Waals surface area (Å²) in [5, 5.41) is 0. The summed E-state index contributed by atoms with van der Waals surface area (Å²) in [5.41, 5.74) is 4.62. The second-order valence-corrected chi connectivity index (χ2v) is 11.3. The van der Waals surface area contributed by atoms with Crippen LogP contribution in [0.3, 0.4) is 0 Å². The maximum atomic E-state index is 15.8. The minimum absolute atomic E-state index is 0.190. The number of hydrogen-bond donors (Lipinski definition) is 0. The molecule has 0 atom stereocenters. The lowest BCUT2D eigenvalue weighted by Crippen LogP contribution is -2.12. The molecule has 0 aliphatic heterocycles. The molecule has 0 heterocycles. The summed E-state index contributed by atoms with van der Waals surface area (Å²) in [6.45, 7) is 14.9. The molecule has 0 aliphatic carbocycles. The molecule has 0 amide bonds. The molecule has 0 aliphatic rings. The molecule has 0 unspecified atom stereocenters. The van der Waals surface area contributed by atoms with Crippen LogP contribution in [-0.2, 0) is 22.4 Å². The van der Waals surface area contributed by atoms with Gasteiger partial charge in [0.15, 0.2) is 0 Å². The minimum atomic E-state index is -0.613. The molecule has 0 aromatic heterocycles. The van der Waals surface area contributed by atoms with E-state index < -0.39 is 17.8 Å². The topological polar surface area (TPSA) is 52.6 Å². The van der Waals surface area contributed by atoms with Crippen LogP contribution in [0.1, 0.15) is 90.2 Å². The number of aryl methyl sites for hydroxylation is 2. The molecule has 0 N–H and O–H groups in total. The van der Waals surface area contributed by atoms with Crippen LogP contribution in [0.15, 0.2) is 78.9 Å². The van der Waals surface area contributed by atoms with Gasteiger partial charge in [-0.2, -0.15) is 0 Å². The Balaban J connectivity index is 2.03. The predicted octanol–water partition coefficient (Wildman–Crippen LogP) is 10.4. The van der Waals surface area contributed by atoms with Crippen molar-refractivity contribution in [2.75, 3.05) is 0 Å². The molecule has 3 aromatic carbocycles. The normalized spacial score (nSPS) is 10.8. The van der Waals surface area contributed by atoms with Crippen molar-refractivity contribution in [2.45, 2.75) is 91.9 Å². The minimum Gasteiger partial charge on any atom is -0.423 e. The van der Waals surface area contributed by atoms with Crippen LogP contribution < -0.4 is 9.47 Å². The molecule has 43 heavy (non-hydrogen) atoms. The molecular formula is C38H45FO4. The third kappa shape index (κ3) is 9.77. The molecule has 0 radical (unpaired) electrons. The molecule has 0 bridgehead atoms. The van der Waals surface area contributed by atoms with Crippen LogP contribution >= 0.6 is 0 Å². The van der Waals surface area contributed by atoms with E-state index in [0.717, 1.165) is 56.1 Å². The fraction of sp³-hybridized carbons (Fsp3) is 0.368. The number of benzene rings is 3. The van der Waals surface area contributed by atoms with Gasteiger partial charge >= 0.3 is 11.9 Å². The van der Waals surface area contributed by atoms with Crippen molar-refractivity contribution in [3.8, 4) is 33.8 Å². The van der Waals surface area contributed by atoms with E-state index in [1.807, 2.05) is 18.2 Å². The zero-order valence-corrected chi connectivity index (χ0v) is 26.2. The molecular weight excluding hydrogens is 539 g/mol. The Hall–Kier alpha value is -3.99. The fourth-order valence-electron chi connectivity index (χ4n) is 4.84. The second-order valence-electron chi connectivity index (χ2n) is 11.3. The highest BCUT2D eigenvalue weighted by atomic mass is 19.1. The van der Waals surface area contributed by atoms with Gasteiger partial charge in [0.2, 0.25) is 0 Å². The van der Waals surface area contributed by atoms with Crippen molar-refractivity contribution in [1.29, 1.82) is 0 Å². The van der Waals surface area contributed by atoms with E-state index in [9.17, 15) is 9.59 Å². The molecule has 3 rings (SSSR count). The Kier molecular flexibility index (Phi) is 12.9. The summed E-state index contributed by atoms with van der Waals surface area (Å²) >= 11 is 0. The summed E-state index contributed by atoms with van der Waals surface area (Å²) in [6.07, 6.45) is 10.4. The zero-order valence-electron chi connectivity index (χ0n) is 26.2. The van der Waals surface area contributed by atoms with E-state index in [4.69, 9.17) is 9.47 Å². The van der Waals surface area contributed by atoms with Gasteiger partial charge in [-0.15, -0.1) is 0 Å². The summed E-state index contributed by atoms with van der Waals surface area (Å²) in [6, 6.07) is 16.5. The average Bonchev–Trinajstić information content (AvgIpc) is 2.98. The molecule has 0 spiro atoms. The number of carbonyl (C=O) groups is 2. The number of ether oxygens (including phenoxy) is 2. The zero-order chi connectivity index (χ0) is 31.4. The smallest absolute Gasteiger partial charge is 0.338 e. The highest BCUT2D eigenvalue weighted by Crippen LogP contribution is 2.40. The molecule has 0 saturated carbocycles. The Bertz CT molecular complexity index is 1440. The van der Waals surface area contributed by atoms with Crippen molar-refractivity contribution in [2.24, 2.45) is 0 Å². The summed E-state index contributed by atoms with van der Waals surface area (Å²) in [7, 11) is 0. The fourth-order valence-corrected chi connectivity index (χ4v) is 4.84. The first-order chi connectivity index (χ1) is 20.6. The van der Waals surface area contributed by atoms with Crippen LogP contribution in [0.2, 0.25) is 0 Å². The largest absolute Gasteiger partial charge is 0.423 e. The quantitative estimate of drug-likeness (QED) is 0.0727. The SMILES string of the molecule is C=C(C)C(=O)Oc1cc(-c2ccc(-c3ccc(CCCCC)cc3)cc2F)c(OC(=O)C(=C)C)cc1CCCCCCC. The van der Waals surface area contributed by atoms with Gasteiger partial charge in [0, 0.05) is 22.3 Å². The summed E-state index contributed by atoms with van der Waals surface area (Å²) in [5.74, 6) is -1.18. The van der Waals surface area contributed by atoms with Crippen LogP contribution in [-0.4, -0.2) is 11.9 Å². The van der Waals surface area contributed by atoms with Gasteiger partial charge in [0.05, 0.1) is 0 Å². The maximum absolute atomic E-state index is 15.8. The number of rotatable bonds is 16. The molecule has 3 aromatic rings. The lowest BCUT2D eigenvalue weighted by molar-refractivity contribution is -0.131. The highest BCUT2D eigenvalue weighted by molar-refractivity contribution is 5.91. The van der Waals surface area contributed by atoms with E-state index in [1.54, 1.807) is 32.0 Å². The third-order valence-corrected chi connectivity index (χ3v) is 7.43. The van der Waals surface area contributed by atoms with Gasteiger partial charge in [0.25, 0.3) is 0 Å². The number of esters is 2. The van der Waals surface area contributed by atoms with Gasteiger partial charge in [-0.3, -0.25) is 0 Å². The average molecular weight is 585 g/mol. The molecule has 228 valence electrons. The standard InChI is InChI=1S/C38H45FO4/c1-7-9-11-12-14-16-31-24-36(43-38(41)27(5)6)33(25-35(31)42-37(40)26(3)4)32-22-21-30(23-34(32)39)29-19-17-28(18-20-29)15-13-10-8-2/h17-25H,3,5,7-16H2,1-2,4,6H3. The van der Waals surface area contributed by atoms with Crippen molar-refractivity contribution in [1.82, 2.24) is 0 Å².